The topological polar surface area (TPSA) is 78.9 Å². The highest BCUT2D eigenvalue weighted by Crippen LogP contribution is 2.21. The van der Waals surface area contributed by atoms with Gasteiger partial charge in [-0.05, 0) is 51.4 Å². The monoisotopic (exact) mass is 324 g/mol. The number of hydrogen-bond acceptors (Lipinski definition) is 6. The molecule has 6 nitrogen and oxygen atoms in total. The van der Waals surface area contributed by atoms with Crippen molar-refractivity contribution in [3.63, 3.8) is 0 Å². The number of esters is 3. The van der Waals surface area contributed by atoms with Gasteiger partial charge in [0.2, 0.25) is 0 Å². The molecule has 23 heavy (non-hydrogen) atoms. The molecule has 128 valence electrons. The summed E-state index contributed by atoms with van der Waals surface area (Å²) in [5.74, 6) is -1.86. The molecule has 0 N–H and O–H groups in total. The molecule has 2 saturated carbocycles. The van der Waals surface area contributed by atoms with Crippen molar-refractivity contribution in [1.29, 1.82) is 0 Å². The lowest BCUT2D eigenvalue weighted by Crippen LogP contribution is -2.24. The Morgan fingerprint density at radius 2 is 1.26 bits per heavy atom. The van der Waals surface area contributed by atoms with Gasteiger partial charge in [-0.2, -0.15) is 0 Å². The van der Waals surface area contributed by atoms with Gasteiger partial charge in [0.25, 0.3) is 0 Å². The molecule has 2 fully saturated rings. The predicted molar refractivity (Wildman–Crippen MR) is 81.4 cm³/mol. The average Bonchev–Trinajstić information content (AvgIpc) is 3.05. The van der Waals surface area contributed by atoms with Crippen LogP contribution >= 0.6 is 0 Å². The Kier molecular flexibility index (Phi) is 7.10. The second-order valence-corrected chi connectivity index (χ2v) is 6.03. The van der Waals surface area contributed by atoms with Crippen molar-refractivity contribution in [2.45, 2.75) is 70.0 Å². The molecule has 6 heteroatoms. The third kappa shape index (κ3) is 6.84. The van der Waals surface area contributed by atoms with Gasteiger partial charge in [-0.25, -0.2) is 14.4 Å². The van der Waals surface area contributed by atoms with E-state index >= 15 is 0 Å². The van der Waals surface area contributed by atoms with Crippen LogP contribution in [-0.4, -0.2) is 36.7 Å². The quantitative estimate of drug-likeness (QED) is 0.424. The number of rotatable bonds is 6. The van der Waals surface area contributed by atoms with Gasteiger partial charge in [-0.15, -0.1) is 0 Å². The first kappa shape index (κ1) is 17.5. The molecule has 0 atom stereocenters. The third-order valence-electron chi connectivity index (χ3n) is 4.12. The van der Waals surface area contributed by atoms with E-state index in [0.29, 0.717) is 0 Å². The molecule has 0 bridgehead atoms. The summed E-state index contributed by atoms with van der Waals surface area (Å²) in [7, 11) is 0. The molecule has 0 spiro atoms. The molecular weight excluding hydrogens is 300 g/mol. The maximum atomic E-state index is 11.6. The standard InChI is InChI=1S/C17H24O6/c18-15(10-11-16(19)22-13-8-4-5-9-13)21-12-17(20)23-14-6-2-1-3-7-14/h10-11,13-14H,1-9,12H2/b11-10+. The van der Waals surface area contributed by atoms with Gasteiger partial charge in [-0.3, -0.25) is 0 Å². The molecule has 2 aliphatic rings. The number of hydrogen-bond donors (Lipinski definition) is 0. The van der Waals surface area contributed by atoms with E-state index in [-0.39, 0.29) is 12.2 Å². The highest BCUT2D eigenvalue weighted by molar-refractivity contribution is 5.92. The minimum absolute atomic E-state index is 0.0476. The maximum absolute atomic E-state index is 11.6. The Hall–Kier alpha value is -1.85. The third-order valence-corrected chi connectivity index (χ3v) is 4.12. The molecule has 0 aromatic heterocycles. The van der Waals surface area contributed by atoms with Crippen LogP contribution in [0.1, 0.15) is 57.8 Å². The zero-order valence-electron chi connectivity index (χ0n) is 13.3. The van der Waals surface area contributed by atoms with Gasteiger partial charge >= 0.3 is 17.9 Å². The van der Waals surface area contributed by atoms with E-state index in [2.05, 4.69) is 0 Å². The van der Waals surface area contributed by atoms with E-state index in [1.165, 1.54) is 6.42 Å². The van der Waals surface area contributed by atoms with E-state index in [4.69, 9.17) is 14.2 Å². The van der Waals surface area contributed by atoms with Gasteiger partial charge in [0.15, 0.2) is 6.61 Å². The molecule has 0 saturated heterocycles. The van der Waals surface area contributed by atoms with Gasteiger partial charge in [-0.1, -0.05) is 6.42 Å². The molecule has 2 rings (SSSR count). The zero-order valence-corrected chi connectivity index (χ0v) is 13.3. The fourth-order valence-electron chi connectivity index (χ4n) is 2.93. The van der Waals surface area contributed by atoms with Crippen molar-refractivity contribution in [2.24, 2.45) is 0 Å². The summed E-state index contributed by atoms with van der Waals surface area (Å²) in [6.07, 6.45) is 10.8. The van der Waals surface area contributed by atoms with Crippen molar-refractivity contribution in [3.05, 3.63) is 12.2 Å². The van der Waals surface area contributed by atoms with Gasteiger partial charge < -0.3 is 14.2 Å². The van der Waals surface area contributed by atoms with Gasteiger partial charge in [0.1, 0.15) is 12.2 Å². The minimum atomic E-state index is -0.756. The summed E-state index contributed by atoms with van der Waals surface area (Å²) in [6, 6.07) is 0. The van der Waals surface area contributed by atoms with E-state index in [1.54, 1.807) is 0 Å². The maximum Gasteiger partial charge on any atom is 0.344 e. The normalized spacial score (nSPS) is 19.7. The Balaban J connectivity index is 1.60. The molecule has 0 aliphatic heterocycles. The Bertz CT molecular complexity index is 444. The van der Waals surface area contributed by atoms with Crippen molar-refractivity contribution >= 4 is 17.9 Å². The van der Waals surface area contributed by atoms with Crippen LogP contribution in [0.3, 0.4) is 0 Å². The van der Waals surface area contributed by atoms with Crippen LogP contribution in [0.2, 0.25) is 0 Å². The Morgan fingerprint density at radius 1 is 0.739 bits per heavy atom. The van der Waals surface area contributed by atoms with Crippen LogP contribution in [0.15, 0.2) is 12.2 Å². The van der Waals surface area contributed by atoms with Crippen LogP contribution in [0.5, 0.6) is 0 Å². The van der Waals surface area contributed by atoms with E-state index in [1.807, 2.05) is 0 Å². The number of carbonyl (C=O) groups is 3. The SMILES string of the molecule is O=C(/C=C/C(=O)OC1CCCC1)OCC(=O)OC1CCCCC1. The first-order valence-electron chi connectivity index (χ1n) is 8.38. The van der Waals surface area contributed by atoms with Crippen molar-refractivity contribution in [1.82, 2.24) is 0 Å². The van der Waals surface area contributed by atoms with Gasteiger partial charge in [0.05, 0.1) is 0 Å². The lowest BCUT2D eigenvalue weighted by Gasteiger charge is -2.21. The Labute approximate surface area is 136 Å². The lowest BCUT2D eigenvalue weighted by molar-refractivity contribution is -0.161. The van der Waals surface area contributed by atoms with Gasteiger partial charge in [0, 0.05) is 12.2 Å². The summed E-state index contributed by atoms with van der Waals surface area (Å²) >= 11 is 0. The second kappa shape index (κ2) is 9.33. The summed E-state index contributed by atoms with van der Waals surface area (Å²) in [5.41, 5.74) is 0. The first-order valence-corrected chi connectivity index (χ1v) is 8.38. The van der Waals surface area contributed by atoms with E-state index in [9.17, 15) is 14.4 Å². The highest BCUT2D eigenvalue weighted by Gasteiger charge is 2.19. The average molecular weight is 324 g/mol. The fourth-order valence-corrected chi connectivity index (χ4v) is 2.93. The summed E-state index contributed by atoms with van der Waals surface area (Å²) in [4.78, 5) is 34.5. The molecule has 0 aromatic carbocycles. The number of ether oxygens (including phenoxy) is 3. The fraction of sp³-hybridized carbons (Fsp3) is 0.706. The smallest absolute Gasteiger partial charge is 0.344 e. The molecule has 0 radical (unpaired) electrons. The molecular formula is C17H24O6. The molecule has 2 aliphatic carbocycles. The van der Waals surface area contributed by atoms with Crippen molar-refractivity contribution in [3.8, 4) is 0 Å². The summed E-state index contributed by atoms with van der Waals surface area (Å²) < 4.78 is 15.1. The highest BCUT2D eigenvalue weighted by atomic mass is 16.6. The summed E-state index contributed by atoms with van der Waals surface area (Å²) in [6.45, 7) is -0.433. The molecule has 0 heterocycles. The van der Waals surface area contributed by atoms with Crippen LogP contribution < -0.4 is 0 Å². The lowest BCUT2D eigenvalue weighted by atomic mass is 9.98. The van der Waals surface area contributed by atoms with Crippen molar-refractivity contribution < 1.29 is 28.6 Å². The van der Waals surface area contributed by atoms with E-state index in [0.717, 1.165) is 63.5 Å². The minimum Gasteiger partial charge on any atom is -0.460 e. The van der Waals surface area contributed by atoms with Crippen LogP contribution in [0.25, 0.3) is 0 Å². The zero-order chi connectivity index (χ0) is 16.5. The van der Waals surface area contributed by atoms with Crippen molar-refractivity contribution in [2.75, 3.05) is 6.61 Å². The first-order chi connectivity index (χ1) is 11.1. The summed E-state index contributed by atoms with van der Waals surface area (Å²) in [5, 5.41) is 0. The van der Waals surface area contributed by atoms with E-state index < -0.39 is 24.5 Å². The van der Waals surface area contributed by atoms with Crippen LogP contribution in [-0.2, 0) is 28.6 Å². The number of carbonyl (C=O) groups excluding carboxylic acids is 3. The Morgan fingerprint density at radius 3 is 1.91 bits per heavy atom. The predicted octanol–water partition coefficient (Wildman–Crippen LogP) is 2.45. The largest absolute Gasteiger partial charge is 0.460 e. The molecule has 0 unspecified atom stereocenters. The van der Waals surface area contributed by atoms with Crippen LogP contribution in [0.4, 0.5) is 0 Å². The second-order valence-electron chi connectivity index (χ2n) is 6.03. The molecule has 0 aromatic rings. The molecule has 0 amide bonds. The van der Waals surface area contributed by atoms with Crippen LogP contribution in [0, 0.1) is 0 Å².